The third kappa shape index (κ3) is 21.9. The van der Waals surface area contributed by atoms with Crippen LogP contribution in [0.3, 0.4) is 0 Å². The van der Waals surface area contributed by atoms with Crippen LogP contribution >= 0.6 is 0 Å². The molecule has 0 rings (SSSR count). The monoisotopic (exact) mass is 466 g/mol. The molecule has 0 heterocycles. The van der Waals surface area contributed by atoms with Crippen LogP contribution in [0.1, 0.15) is 130 Å². The van der Waals surface area contributed by atoms with Gasteiger partial charge in [0.25, 0.3) is 0 Å². The molecule has 192 valence electrons. The third-order valence-electron chi connectivity index (χ3n) is 5.90. The minimum Gasteiger partial charge on any atom is -0.465 e. The maximum absolute atomic E-state index is 12.0. The maximum atomic E-state index is 12.0. The van der Waals surface area contributed by atoms with Crippen LogP contribution < -0.4 is 0 Å². The molecule has 0 aliphatic carbocycles. The quantitative estimate of drug-likeness (QED) is 0.0938. The number of hydrogen-bond acceptors (Lipinski definition) is 5. The van der Waals surface area contributed by atoms with Gasteiger partial charge in [0.2, 0.25) is 0 Å². The second-order valence-electron chi connectivity index (χ2n) is 9.37. The average Bonchev–Trinajstić information content (AvgIpc) is 2.79. The zero-order valence-corrected chi connectivity index (χ0v) is 21.9. The molecule has 0 aromatic carbocycles. The number of unbranched alkanes of at least 4 members (excludes halogenated alkanes) is 8. The molecule has 0 saturated carbocycles. The van der Waals surface area contributed by atoms with Crippen molar-refractivity contribution in [3.8, 4) is 0 Å². The van der Waals surface area contributed by atoms with Crippen molar-refractivity contribution < 1.29 is 23.9 Å². The van der Waals surface area contributed by atoms with E-state index in [0.717, 1.165) is 70.6 Å². The number of ether oxygens (including phenoxy) is 2. The second-order valence-corrected chi connectivity index (χ2v) is 9.37. The van der Waals surface area contributed by atoms with Crippen molar-refractivity contribution in [1.29, 1.82) is 0 Å². The van der Waals surface area contributed by atoms with E-state index in [1.54, 1.807) is 0 Å². The number of carbonyl (C=O) groups is 3. The number of rotatable bonds is 22. The molecule has 0 radical (unpaired) electrons. The van der Waals surface area contributed by atoms with E-state index in [0.29, 0.717) is 18.9 Å². The fourth-order valence-corrected chi connectivity index (χ4v) is 3.40. The Bertz CT molecular complexity index is 540. The molecule has 5 heteroatoms. The van der Waals surface area contributed by atoms with E-state index in [1.807, 2.05) is 0 Å². The van der Waals surface area contributed by atoms with E-state index in [1.165, 1.54) is 19.8 Å². The fourth-order valence-electron chi connectivity index (χ4n) is 3.40. The Morgan fingerprint density at radius 2 is 1.48 bits per heavy atom. The van der Waals surface area contributed by atoms with E-state index in [4.69, 9.17) is 9.47 Å². The molecule has 0 aliphatic heterocycles. The third-order valence-corrected chi connectivity index (χ3v) is 5.90. The summed E-state index contributed by atoms with van der Waals surface area (Å²) in [6, 6.07) is 0. The molecule has 0 aromatic rings. The van der Waals surface area contributed by atoms with Gasteiger partial charge < -0.3 is 14.3 Å². The molecule has 0 bridgehead atoms. The lowest BCUT2D eigenvalue weighted by molar-refractivity contribution is -0.150. The minimum absolute atomic E-state index is 0.0212. The summed E-state index contributed by atoms with van der Waals surface area (Å²) in [5.41, 5.74) is 0. The first-order valence-corrected chi connectivity index (χ1v) is 13.4. The van der Waals surface area contributed by atoms with Crippen LogP contribution in [0.15, 0.2) is 12.2 Å². The average molecular weight is 467 g/mol. The van der Waals surface area contributed by atoms with E-state index in [9.17, 15) is 14.4 Å². The molecule has 5 nitrogen and oxygen atoms in total. The fraction of sp³-hybridized carbons (Fsp3) is 0.821. The molecule has 0 N–H and O–H groups in total. The molecule has 0 fully saturated rings. The second kappa shape index (κ2) is 22.2. The number of allylic oxidation sites excluding steroid dienone is 1. The van der Waals surface area contributed by atoms with E-state index in [2.05, 4.69) is 32.9 Å². The minimum atomic E-state index is -0.261. The smallest absolute Gasteiger partial charge is 0.306 e. The predicted octanol–water partition coefficient (Wildman–Crippen LogP) is 7.50. The molecule has 0 aromatic heterocycles. The molecule has 0 saturated heterocycles. The highest BCUT2D eigenvalue weighted by Crippen LogP contribution is 2.15. The standard InChI is InChI=1S/C28H50O5/c1-5-7-8-15-18-26(33-28(31)22-21-25(4)29)19-16-13-11-9-10-12-14-17-20-27(30)32-23-24(3)6-2/h13,16,24,26H,5-12,14-15,17-23H2,1-4H3/b16-13-. The summed E-state index contributed by atoms with van der Waals surface area (Å²) in [7, 11) is 0. The lowest BCUT2D eigenvalue weighted by atomic mass is 10.1. The summed E-state index contributed by atoms with van der Waals surface area (Å²) in [5, 5.41) is 0. The first kappa shape index (κ1) is 31.4. The van der Waals surface area contributed by atoms with Crippen LogP contribution in [0, 0.1) is 5.92 Å². The van der Waals surface area contributed by atoms with Gasteiger partial charge >= 0.3 is 11.9 Å². The summed E-state index contributed by atoms with van der Waals surface area (Å²) in [6.45, 7) is 8.43. The number of carbonyl (C=O) groups excluding carboxylic acids is 3. The molecular weight excluding hydrogens is 416 g/mol. The van der Waals surface area contributed by atoms with Gasteiger partial charge in [-0.05, 0) is 44.9 Å². The Kier molecular flexibility index (Phi) is 21.0. The normalized spacial score (nSPS) is 13.1. The van der Waals surface area contributed by atoms with Crippen LogP contribution in [0.2, 0.25) is 0 Å². The highest BCUT2D eigenvalue weighted by atomic mass is 16.5. The molecule has 33 heavy (non-hydrogen) atoms. The van der Waals surface area contributed by atoms with Gasteiger partial charge in [-0.2, -0.15) is 0 Å². The molecule has 2 unspecified atom stereocenters. The summed E-state index contributed by atoms with van der Waals surface area (Å²) in [4.78, 5) is 34.8. The molecule has 0 aliphatic rings. The number of hydrogen-bond donors (Lipinski definition) is 0. The zero-order chi connectivity index (χ0) is 24.7. The lowest BCUT2D eigenvalue weighted by Crippen LogP contribution is -2.18. The molecular formula is C28H50O5. The van der Waals surface area contributed by atoms with Crippen LogP contribution in [-0.2, 0) is 23.9 Å². The van der Waals surface area contributed by atoms with Crippen molar-refractivity contribution in [1.82, 2.24) is 0 Å². The van der Waals surface area contributed by atoms with E-state index < -0.39 is 0 Å². The number of ketones is 1. The van der Waals surface area contributed by atoms with Crippen molar-refractivity contribution in [3.63, 3.8) is 0 Å². The Morgan fingerprint density at radius 3 is 2.18 bits per heavy atom. The zero-order valence-electron chi connectivity index (χ0n) is 21.9. The summed E-state index contributed by atoms with van der Waals surface area (Å²) >= 11 is 0. The van der Waals surface area contributed by atoms with Crippen LogP contribution in [0.5, 0.6) is 0 Å². The molecule has 0 amide bonds. The van der Waals surface area contributed by atoms with E-state index in [-0.39, 0.29) is 36.7 Å². The SMILES string of the molecule is CCCCCCC(C/C=C\CCCCCCCC(=O)OCC(C)CC)OC(=O)CCC(C)=O. The Morgan fingerprint density at radius 1 is 0.788 bits per heavy atom. The van der Waals surface area contributed by atoms with Crippen molar-refractivity contribution in [3.05, 3.63) is 12.2 Å². The van der Waals surface area contributed by atoms with Gasteiger partial charge in [-0.1, -0.05) is 77.9 Å². The van der Waals surface area contributed by atoms with Gasteiger partial charge in [0.05, 0.1) is 13.0 Å². The topological polar surface area (TPSA) is 69.7 Å². The van der Waals surface area contributed by atoms with Crippen molar-refractivity contribution in [2.75, 3.05) is 6.61 Å². The van der Waals surface area contributed by atoms with Crippen molar-refractivity contribution in [2.24, 2.45) is 5.92 Å². The Balaban J connectivity index is 3.95. The summed E-state index contributed by atoms with van der Waals surface area (Å²) in [5.74, 6) is 0.136. The van der Waals surface area contributed by atoms with Crippen molar-refractivity contribution in [2.45, 2.75) is 137 Å². The van der Waals surface area contributed by atoms with Gasteiger partial charge in [-0.15, -0.1) is 0 Å². The van der Waals surface area contributed by atoms with Gasteiger partial charge in [-0.3, -0.25) is 9.59 Å². The molecule has 0 spiro atoms. The Hall–Kier alpha value is -1.65. The highest BCUT2D eigenvalue weighted by molar-refractivity contribution is 5.81. The van der Waals surface area contributed by atoms with Crippen LogP contribution in [0.4, 0.5) is 0 Å². The largest absolute Gasteiger partial charge is 0.465 e. The van der Waals surface area contributed by atoms with Gasteiger partial charge in [0.15, 0.2) is 0 Å². The van der Waals surface area contributed by atoms with Gasteiger partial charge in [0.1, 0.15) is 11.9 Å². The number of Topliss-reactive ketones (excluding diaryl/α,β-unsaturated/α-hetero) is 1. The summed E-state index contributed by atoms with van der Waals surface area (Å²) in [6.07, 6.45) is 18.9. The first-order valence-electron chi connectivity index (χ1n) is 13.4. The van der Waals surface area contributed by atoms with E-state index >= 15 is 0 Å². The lowest BCUT2D eigenvalue weighted by Gasteiger charge is -2.16. The maximum Gasteiger partial charge on any atom is 0.306 e. The number of esters is 2. The highest BCUT2D eigenvalue weighted by Gasteiger charge is 2.13. The summed E-state index contributed by atoms with van der Waals surface area (Å²) < 4.78 is 10.9. The van der Waals surface area contributed by atoms with Gasteiger partial charge in [-0.25, -0.2) is 0 Å². The predicted molar refractivity (Wildman–Crippen MR) is 135 cm³/mol. The molecule has 2 atom stereocenters. The van der Waals surface area contributed by atoms with Crippen LogP contribution in [0.25, 0.3) is 0 Å². The Labute approximate surface area is 203 Å². The first-order chi connectivity index (χ1) is 15.9. The van der Waals surface area contributed by atoms with Gasteiger partial charge in [0, 0.05) is 19.3 Å². The van der Waals surface area contributed by atoms with Crippen molar-refractivity contribution >= 4 is 17.7 Å². The van der Waals surface area contributed by atoms with Crippen LogP contribution in [-0.4, -0.2) is 30.4 Å².